The van der Waals surface area contributed by atoms with E-state index in [-0.39, 0.29) is 22.4 Å². The molecular weight excluding hydrogens is 424 g/mol. The quantitative estimate of drug-likeness (QED) is 0.344. The second-order valence-electron chi connectivity index (χ2n) is 7.31. The monoisotopic (exact) mass is 448 g/mol. The van der Waals surface area contributed by atoms with Crippen molar-refractivity contribution in [2.75, 3.05) is 18.0 Å². The number of anilines is 1. The van der Waals surface area contributed by atoms with Crippen LogP contribution >= 0.6 is 0 Å². The Morgan fingerprint density at radius 2 is 1.81 bits per heavy atom. The number of hydrogen-bond donors (Lipinski definition) is 0. The first-order valence-corrected chi connectivity index (χ1v) is 11.3. The average Bonchev–Trinajstić information content (AvgIpc) is 3.25. The zero-order valence-electron chi connectivity index (χ0n) is 17.3. The van der Waals surface area contributed by atoms with Crippen LogP contribution in [-0.2, 0) is 19.6 Å². The van der Waals surface area contributed by atoms with E-state index in [9.17, 15) is 23.3 Å². The van der Waals surface area contributed by atoms with Crippen LogP contribution in [0.3, 0.4) is 0 Å². The fraction of sp³-hybridized carbons (Fsp3) is 0.381. The third-order valence-electron chi connectivity index (χ3n) is 5.18. The van der Waals surface area contributed by atoms with E-state index in [0.717, 1.165) is 43.2 Å². The number of esters is 1. The van der Waals surface area contributed by atoms with Gasteiger partial charge in [0, 0.05) is 12.1 Å². The summed E-state index contributed by atoms with van der Waals surface area (Å²) >= 11 is 0. The molecule has 0 saturated heterocycles. The number of aryl methyl sites for hydroxylation is 1. The highest BCUT2D eigenvalue weighted by Crippen LogP contribution is 2.31. The third kappa shape index (κ3) is 5.13. The summed E-state index contributed by atoms with van der Waals surface area (Å²) in [5.74, 6) is -0.157. The molecule has 0 amide bonds. The Morgan fingerprint density at radius 1 is 1.16 bits per heavy atom. The first kappa shape index (κ1) is 22.5. The number of nitro groups is 1. The minimum atomic E-state index is -4.29. The molecule has 166 valence electrons. The molecule has 0 aromatic heterocycles. The molecule has 0 heterocycles. The minimum absolute atomic E-state index is 0.147. The van der Waals surface area contributed by atoms with Gasteiger partial charge in [0.15, 0.2) is 0 Å². The smallest absolute Gasteiger partial charge is 0.326 e. The van der Waals surface area contributed by atoms with Crippen molar-refractivity contribution in [3.05, 3.63) is 58.1 Å². The number of hydrogen-bond acceptors (Lipinski definition) is 7. The van der Waals surface area contributed by atoms with Crippen LogP contribution in [0.2, 0.25) is 0 Å². The molecule has 1 aliphatic carbocycles. The summed E-state index contributed by atoms with van der Waals surface area (Å²) < 4.78 is 38.3. The molecule has 0 bridgehead atoms. The second kappa shape index (κ2) is 9.34. The maximum absolute atomic E-state index is 13.4. The molecule has 1 aliphatic rings. The van der Waals surface area contributed by atoms with E-state index in [0.29, 0.717) is 11.3 Å². The highest BCUT2D eigenvalue weighted by molar-refractivity contribution is 7.93. The van der Waals surface area contributed by atoms with Crippen molar-refractivity contribution in [1.29, 1.82) is 0 Å². The zero-order chi connectivity index (χ0) is 22.6. The maximum atomic E-state index is 13.4. The maximum Gasteiger partial charge on any atom is 0.326 e. The van der Waals surface area contributed by atoms with Crippen molar-refractivity contribution >= 4 is 27.4 Å². The van der Waals surface area contributed by atoms with Gasteiger partial charge in [0.05, 0.1) is 28.7 Å². The first-order valence-electron chi connectivity index (χ1n) is 9.83. The van der Waals surface area contributed by atoms with Crippen LogP contribution in [0.1, 0.15) is 31.2 Å². The summed E-state index contributed by atoms with van der Waals surface area (Å²) in [4.78, 5) is 22.2. The third-order valence-corrected chi connectivity index (χ3v) is 7.10. The number of nitro benzene ring substituents is 1. The van der Waals surface area contributed by atoms with Gasteiger partial charge in [-0.1, -0.05) is 6.07 Å². The molecule has 0 aliphatic heterocycles. The second-order valence-corrected chi connectivity index (χ2v) is 9.14. The van der Waals surface area contributed by atoms with Crippen LogP contribution in [0, 0.1) is 17.0 Å². The van der Waals surface area contributed by atoms with Crippen molar-refractivity contribution < 1.29 is 27.6 Å². The number of nitrogens with zero attached hydrogens (tertiary/aromatic N) is 2. The Kier molecular flexibility index (Phi) is 6.79. The molecule has 9 nitrogen and oxygen atoms in total. The normalized spacial score (nSPS) is 14.3. The number of carbonyl (C=O) groups is 1. The van der Waals surface area contributed by atoms with Gasteiger partial charge < -0.3 is 9.47 Å². The molecule has 2 aromatic carbocycles. The summed E-state index contributed by atoms with van der Waals surface area (Å²) in [6, 6.07) is 9.96. The molecule has 10 heteroatoms. The van der Waals surface area contributed by atoms with E-state index in [1.165, 1.54) is 31.2 Å². The van der Waals surface area contributed by atoms with Crippen LogP contribution in [0.4, 0.5) is 11.4 Å². The molecule has 0 spiro atoms. The molecule has 0 radical (unpaired) electrons. The Morgan fingerprint density at radius 3 is 2.39 bits per heavy atom. The number of methoxy groups -OCH3 is 1. The Balaban J connectivity index is 1.97. The fourth-order valence-corrected chi connectivity index (χ4v) is 5.14. The Hall–Kier alpha value is -3.14. The lowest BCUT2D eigenvalue weighted by molar-refractivity contribution is -0.385. The molecule has 0 unspecified atom stereocenters. The molecule has 1 saturated carbocycles. The lowest BCUT2D eigenvalue weighted by Gasteiger charge is -2.24. The van der Waals surface area contributed by atoms with E-state index < -0.39 is 27.5 Å². The van der Waals surface area contributed by atoms with Crippen molar-refractivity contribution in [3.8, 4) is 5.75 Å². The number of carbonyl (C=O) groups excluding carboxylic acids is 1. The van der Waals surface area contributed by atoms with E-state index in [1.54, 1.807) is 12.1 Å². The number of ether oxygens (including phenoxy) is 2. The largest absolute Gasteiger partial charge is 0.490 e. The summed E-state index contributed by atoms with van der Waals surface area (Å²) in [5.41, 5.74) is 0.180. The van der Waals surface area contributed by atoms with Crippen molar-refractivity contribution in [3.63, 3.8) is 0 Å². The highest BCUT2D eigenvalue weighted by Gasteiger charge is 2.30. The van der Waals surface area contributed by atoms with Crippen molar-refractivity contribution in [2.45, 2.75) is 43.6 Å². The van der Waals surface area contributed by atoms with Crippen molar-refractivity contribution in [1.82, 2.24) is 0 Å². The number of sulfonamides is 1. The average molecular weight is 448 g/mol. The van der Waals surface area contributed by atoms with Crippen LogP contribution in [0.15, 0.2) is 47.4 Å². The molecule has 0 N–H and O–H groups in total. The summed E-state index contributed by atoms with van der Waals surface area (Å²) in [7, 11) is -3.14. The van der Waals surface area contributed by atoms with Crippen LogP contribution in [0.25, 0.3) is 0 Å². The minimum Gasteiger partial charge on any atom is -0.490 e. The number of rotatable bonds is 8. The molecule has 3 rings (SSSR count). The number of benzene rings is 2. The van der Waals surface area contributed by atoms with Gasteiger partial charge in [-0.2, -0.15) is 0 Å². The molecule has 31 heavy (non-hydrogen) atoms. The van der Waals surface area contributed by atoms with Gasteiger partial charge in [-0.25, -0.2) is 8.42 Å². The molecule has 1 fully saturated rings. The van der Waals surface area contributed by atoms with Gasteiger partial charge in [-0.3, -0.25) is 19.2 Å². The van der Waals surface area contributed by atoms with E-state index >= 15 is 0 Å². The molecular formula is C21H24N2O7S. The lowest BCUT2D eigenvalue weighted by atomic mass is 10.2. The van der Waals surface area contributed by atoms with Crippen LogP contribution in [0.5, 0.6) is 5.75 Å². The van der Waals surface area contributed by atoms with E-state index in [2.05, 4.69) is 4.74 Å². The van der Waals surface area contributed by atoms with Gasteiger partial charge in [0.25, 0.3) is 15.7 Å². The summed E-state index contributed by atoms with van der Waals surface area (Å²) in [6.45, 7) is 0.954. The summed E-state index contributed by atoms with van der Waals surface area (Å²) in [5, 5.41) is 11.1. The lowest BCUT2D eigenvalue weighted by Crippen LogP contribution is -2.36. The van der Waals surface area contributed by atoms with Gasteiger partial charge in [-0.15, -0.1) is 0 Å². The topological polar surface area (TPSA) is 116 Å². The van der Waals surface area contributed by atoms with Gasteiger partial charge in [0.2, 0.25) is 0 Å². The van der Waals surface area contributed by atoms with E-state index in [4.69, 9.17) is 4.74 Å². The predicted molar refractivity (Wildman–Crippen MR) is 114 cm³/mol. The standard InChI is InChI=1S/C21H24N2O7S/c1-15-7-8-17(23(25)26)13-20(15)31(27,28)22(14-21(24)29-2)16-9-11-19(12-10-16)30-18-5-3-4-6-18/h7-13,18H,3-6,14H2,1-2H3. The molecule has 2 aromatic rings. The van der Waals surface area contributed by atoms with Gasteiger partial charge >= 0.3 is 5.97 Å². The SMILES string of the molecule is COC(=O)CN(c1ccc(OC2CCCC2)cc1)S(=O)(=O)c1cc([N+](=O)[O-])ccc1C. The highest BCUT2D eigenvalue weighted by atomic mass is 32.2. The molecule has 0 atom stereocenters. The first-order chi connectivity index (χ1) is 14.7. The van der Waals surface area contributed by atoms with Crippen LogP contribution in [-0.4, -0.2) is 39.1 Å². The van der Waals surface area contributed by atoms with E-state index in [1.807, 2.05) is 0 Å². The van der Waals surface area contributed by atoms with Gasteiger partial charge in [-0.05, 0) is 62.4 Å². The number of non-ortho nitro benzene ring substituents is 1. The fourth-order valence-electron chi connectivity index (χ4n) is 3.49. The predicted octanol–water partition coefficient (Wildman–Crippen LogP) is 3.59. The van der Waals surface area contributed by atoms with Crippen LogP contribution < -0.4 is 9.04 Å². The summed E-state index contributed by atoms with van der Waals surface area (Å²) in [6.07, 6.45) is 4.36. The zero-order valence-corrected chi connectivity index (χ0v) is 18.1. The van der Waals surface area contributed by atoms with Crippen molar-refractivity contribution in [2.24, 2.45) is 0 Å². The Bertz CT molecular complexity index is 1060. The Labute approximate surface area is 180 Å². The van der Waals surface area contributed by atoms with Gasteiger partial charge in [0.1, 0.15) is 12.3 Å².